The minimum absolute atomic E-state index is 0.0132. The molecule has 2 aliphatic rings. The Morgan fingerprint density at radius 2 is 2.05 bits per heavy atom. The first-order valence-corrected chi connectivity index (χ1v) is 15.0. The Labute approximate surface area is 227 Å². The van der Waals surface area contributed by atoms with Crippen LogP contribution in [0.5, 0.6) is 5.75 Å². The lowest BCUT2D eigenvalue weighted by atomic mass is 9.92. The van der Waals surface area contributed by atoms with Gasteiger partial charge in [-0.25, -0.2) is 18.6 Å². The second-order valence-corrected chi connectivity index (χ2v) is 12.9. The zero-order valence-corrected chi connectivity index (χ0v) is 23.5. The zero-order valence-electron chi connectivity index (χ0n) is 22.6. The highest BCUT2D eigenvalue weighted by Gasteiger charge is 2.60. The summed E-state index contributed by atoms with van der Waals surface area (Å²) in [5.74, 6) is 0.350. The van der Waals surface area contributed by atoms with Crippen LogP contribution in [-0.2, 0) is 23.9 Å². The summed E-state index contributed by atoms with van der Waals surface area (Å²) in [6.07, 6.45) is 5.00. The highest BCUT2D eigenvalue weighted by atomic mass is 32.2. The maximum absolute atomic E-state index is 14.4. The lowest BCUT2D eigenvalue weighted by Gasteiger charge is -2.30. The number of aryl methyl sites for hydroxylation is 1. The van der Waals surface area contributed by atoms with E-state index in [1.54, 1.807) is 30.7 Å². The molecule has 0 bridgehead atoms. The van der Waals surface area contributed by atoms with Crippen molar-refractivity contribution in [2.24, 2.45) is 4.36 Å². The van der Waals surface area contributed by atoms with Crippen LogP contribution in [-0.4, -0.2) is 69.9 Å². The third-order valence-corrected chi connectivity index (χ3v) is 7.34. The van der Waals surface area contributed by atoms with Crippen molar-refractivity contribution >= 4 is 37.8 Å². The molecule has 4 atom stereocenters. The highest BCUT2D eigenvalue weighted by molar-refractivity contribution is 7.92. The summed E-state index contributed by atoms with van der Waals surface area (Å²) in [5.41, 5.74) is 1.72. The first-order valence-electron chi connectivity index (χ1n) is 12.7. The van der Waals surface area contributed by atoms with Crippen LogP contribution in [0.2, 0.25) is 0 Å². The van der Waals surface area contributed by atoms with Gasteiger partial charge in [0.25, 0.3) is 0 Å². The fourth-order valence-electron chi connectivity index (χ4n) is 5.16. The SMILES string of the molecule is C=CC12OC[C@@H](Oc3cc(F)ccc3Nc3ncnc4cc(N=S(C)(C)=O)cc(C)c34)C1OC[C@H]2OC(C)C. The molecule has 39 heavy (non-hydrogen) atoms. The van der Waals surface area contributed by atoms with Gasteiger partial charge in [-0.1, -0.05) is 6.08 Å². The molecule has 2 saturated heterocycles. The summed E-state index contributed by atoms with van der Waals surface area (Å²) in [6, 6.07) is 7.86. The number of anilines is 2. The van der Waals surface area contributed by atoms with E-state index in [9.17, 15) is 8.60 Å². The average molecular weight is 557 g/mol. The standard InChI is InChI=1S/C28H33FN4O5S/c1-7-28-24(37-16(2)3)14-35-26(28)23(13-36-28)38-22-11-18(29)8-9-20(22)32-27-25-17(4)10-19(33-39(5,6)34)12-21(25)30-15-31-27/h7-12,15-16,23-24,26H,1,13-14H2,2-6H3,(H,30,31,32)/t23-,24-,26?,28?/m1/s1. The van der Waals surface area contributed by atoms with Crippen molar-refractivity contribution in [2.75, 3.05) is 31.0 Å². The predicted octanol–water partition coefficient (Wildman–Crippen LogP) is 5.07. The first-order chi connectivity index (χ1) is 18.5. The van der Waals surface area contributed by atoms with Gasteiger partial charge in [-0.3, -0.25) is 0 Å². The molecule has 11 heteroatoms. The molecule has 3 heterocycles. The van der Waals surface area contributed by atoms with Crippen LogP contribution in [0.15, 0.2) is 53.7 Å². The molecule has 3 aromatic rings. The average Bonchev–Trinajstić information content (AvgIpc) is 3.37. The fourth-order valence-corrected chi connectivity index (χ4v) is 5.77. The number of benzene rings is 2. The maximum atomic E-state index is 14.4. The number of hydrogen-bond donors (Lipinski definition) is 1. The molecule has 1 aromatic heterocycles. The van der Waals surface area contributed by atoms with E-state index in [1.807, 2.05) is 26.8 Å². The van der Waals surface area contributed by atoms with Crippen molar-refractivity contribution in [2.45, 2.75) is 50.8 Å². The van der Waals surface area contributed by atoms with Gasteiger partial charge < -0.3 is 24.3 Å². The second kappa shape index (κ2) is 10.5. The molecule has 0 aliphatic carbocycles. The van der Waals surface area contributed by atoms with E-state index in [-0.39, 0.29) is 24.6 Å². The number of ether oxygens (including phenoxy) is 4. The van der Waals surface area contributed by atoms with Gasteiger partial charge in [0.1, 0.15) is 41.5 Å². The van der Waals surface area contributed by atoms with Gasteiger partial charge in [-0.15, -0.1) is 6.58 Å². The van der Waals surface area contributed by atoms with Crippen molar-refractivity contribution in [1.82, 2.24) is 9.97 Å². The number of rotatable bonds is 8. The van der Waals surface area contributed by atoms with Gasteiger partial charge in [-0.05, 0) is 50.6 Å². The molecule has 9 nitrogen and oxygen atoms in total. The molecule has 0 radical (unpaired) electrons. The van der Waals surface area contributed by atoms with Crippen molar-refractivity contribution in [3.05, 3.63) is 60.7 Å². The second-order valence-electron chi connectivity index (χ2n) is 10.4. The van der Waals surface area contributed by atoms with E-state index < -0.39 is 33.4 Å². The smallest absolute Gasteiger partial charge is 0.151 e. The molecule has 1 N–H and O–H groups in total. The molecule has 5 rings (SSSR count). The van der Waals surface area contributed by atoms with Gasteiger partial charge in [0, 0.05) is 33.7 Å². The minimum atomic E-state index is -2.34. The predicted molar refractivity (Wildman–Crippen MR) is 149 cm³/mol. The summed E-state index contributed by atoms with van der Waals surface area (Å²) >= 11 is 0. The van der Waals surface area contributed by atoms with E-state index in [1.165, 1.54) is 18.5 Å². The molecule has 0 amide bonds. The van der Waals surface area contributed by atoms with Gasteiger partial charge in [-0.2, -0.15) is 4.36 Å². The van der Waals surface area contributed by atoms with Gasteiger partial charge in [0.05, 0.1) is 36.2 Å². The Kier molecular flexibility index (Phi) is 7.36. The molecule has 2 aromatic carbocycles. The van der Waals surface area contributed by atoms with Crippen molar-refractivity contribution in [3.63, 3.8) is 0 Å². The zero-order chi connectivity index (χ0) is 27.9. The fraction of sp³-hybridized carbons (Fsp3) is 0.429. The lowest BCUT2D eigenvalue weighted by molar-refractivity contribution is -0.0934. The molecular weight excluding hydrogens is 523 g/mol. The van der Waals surface area contributed by atoms with E-state index in [0.717, 1.165) is 10.9 Å². The third kappa shape index (κ3) is 5.49. The van der Waals surface area contributed by atoms with Crippen molar-refractivity contribution in [3.8, 4) is 5.75 Å². The Morgan fingerprint density at radius 3 is 2.77 bits per heavy atom. The van der Waals surface area contributed by atoms with Crippen LogP contribution < -0.4 is 10.1 Å². The molecule has 2 aliphatic heterocycles. The number of aromatic nitrogens is 2. The Bertz CT molecular complexity index is 1530. The van der Waals surface area contributed by atoms with Gasteiger partial charge in [0.15, 0.2) is 6.10 Å². The Morgan fingerprint density at radius 1 is 1.26 bits per heavy atom. The number of halogens is 1. The molecule has 0 saturated carbocycles. The van der Waals surface area contributed by atoms with Crippen molar-refractivity contribution < 1.29 is 27.5 Å². The summed E-state index contributed by atoms with van der Waals surface area (Å²) in [5, 5.41) is 4.04. The molecular formula is C28H33FN4O5S. The number of nitrogens with zero attached hydrogens (tertiary/aromatic N) is 3. The van der Waals surface area contributed by atoms with Crippen molar-refractivity contribution in [1.29, 1.82) is 0 Å². The lowest BCUT2D eigenvalue weighted by Crippen LogP contribution is -2.47. The largest absolute Gasteiger partial charge is 0.483 e. The van der Waals surface area contributed by atoms with Crippen LogP contribution in [0, 0.1) is 12.7 Å². The van der Waals surface area contributed by atoms with Gasteiger partial charge >= 0.3 is 0 Å². The first kappa shape index (κ1) is 27.4. The number of fused-ring (bicyclic) bond motifs is 2. The molecule has 0 spiro atoms. The van der Waals surface area contributed by atoms with E-state index >= 15 is 0 Å². The number of hydrogen-bond acceptors (Lipinski definition) is 9. The quantitative estimate of drug-likeness (QED) is 0.384. The molecule has 2 fully saturated rings. The van der Waals surface area contributed by atoms with Crippen LogP contribution in [0.3, 0.4) is 0 Å². The van der Waals surface area contributed by atoms with Crippen LogP contribution in [0.1, 0.15) is 19.4 Å². The minimum Gasteiger partial charge on any atom is -0.483 e. The third-order valence-electron chi connectivity index (χ3n) is 6.69. The van der Waals surface area contributed by atoms with Crippen LogP contribution >= 0.6 is 0 Å². The van der Waals surface area contributed by atoms with Crippen LogP contribution in [0.4, 0.5) is 21.6 Å². The monoisotopic (exact) mass is 556 g/mol. The van der Waals surface area contributed by atoms with E-state index in [2.05, 4.69) is 26.2 Å². The normalized spacial score (nSPS) is 24.6. The Balaban J connectivity index is 1.45. The summed E-state index contributed by atoms with van der Waals surface area (Å²) in [4.78, 5) is 8.83. The highest BCUT2D eigenvalue weighted by Crippen LogP contribution is 2.43. The summed E-state index contributed by atoms with van der Waals surface area (Å²) < 4.78 is 55.5. The summed E-state index contributed by atoms with van der Waals surface area (Å²) in [6.45, 7) is 10.4. The summed E-state index contributed by atoms with van der Waals surface area (Å²) in [7, 11) is -2.34. The molecule has 208 valence electrons. The Hall–Kier alpha value is -3.12. The van der Waals surface area contributed by atoms with Crippen LogP contribution in [0.25, 0.3) is 10.9 Å². The van der Waals surface area contributed by atoms with E-state index in [0.29, 0.717) is 29.3 Å². The maximum Gasteiger partial charge on any atom is 0.151 e. The topological polar surface area (TPSA) is 104 Å². The van der Waals surface area contributed by atoms with Gasteiger partial charge in [0.2, 0.25) is 0 Å². The van der Waals surface area contributed by atoms with E-state index in [4.69, 9.17) is 18.9 Å². The number of nitrogens with one attached hydrogen (secondary N) is 1. The molecule has 2 unspecified atom stereocenters.